The first-order valence-corrected chi connectivity index (χ1v) is 5.64. The van der Waals surface area contributed by atoms with Crippen molar-refractivity contribution in [2.24, 2.45) is 0 Å². The lowest BCUT2D eigenvalue weighted by Gasteiger charge is -2.05. The second kappa shape index (κ2) is 4.61. The quantitative estimate of drug-likeness (QED) is 0.794. The van der Waals surface area contributed by atoms with E-state index in [4.69, 9.17) is 4.74 Å². The molecule has 0 atom stereocenters. The van der Waals surface area contributed by atoms with Gasteiger partial charge in [-0.2, -0.15) is 0 Å². The van der Waals surface area contributed by atoms with E-state index in [1.165, 1.54) is 0 Å². The number of methoxy groups -OCH3 is 1. The summed E-state index contributed by atoms with van der Waals surface area (Å²) in [5, 5.41) is 0. The van der Waals surface area contributed by atoms with E-state index < -0.39 is 0 Å². The molecule has 0 unspecified atom stereocenters. The van der Waals surface area contributed by atoms with Gasteiger partial charge in [-0.25, -0.2) is 0 Å². The van der Waals surface area contributed by atoms with E-state index in [0.29, 0.717) is 0 Å². The highest BCUT2D eigenvalue weighted by molar-refractivity contribution is 14.1. The van der Waals surface area contributed by atoms with Crippen LogP contribution < -0.4 is 4.74 Å². The molecule has 15 heavy (non-hydrogen) atoms. The van der Waals surface area contributed by atoms with Crippen molar-refractivity contribution in [3.63, 3.8) is 0 Å². The Morgan fingerprint density at radius 2 is 1.93 bits per heavy atom. The van der Waals surface area contributed by atoms with Crippen molar-refractivity contribution in [2.45, 2.75) is 0 Å². The van der Waals surface area contributed by atoms with Crippen LogP contribution in [0.1, 0.15) is 0 Å². The topological polar surface area (TPSA) is 22.1 Å². The van der Waals surface area contributed by atoms with Gasteiger partial charge in [0.2, 0.25) is 0 Å². The van der Waals surface area contributed by atoms with Gasteiger partial charge in [0.1, 0.15) is 5.75 Å². The van der Waals surface area contributed by atoms with E-state index in [2.05, 4.69) is 39.7 Å². The zero-order valence-electron chi connectivity index (χ0n) is 8.27. The standard InChI is InChI=1S/C12H10INO/c1-15-10-7-11(13)12(14-8-10)9-5-3-2-4-6-9/h2-8H,1H3. The highest BCUT2D eigenvalue weighted by Crippen LogP contribution is 2.25. The van der Waals surface area contributed by atoms with Gasteiger partial charge in [-0.3, -0.25) is 4.98 Å². The highest BCUT2D eigenvalue weighted by atomic mass is 127. The van der Waals surface area contributed by atoms with Crippen molar-refractivity contribution in [3.8, 4) is 17.0 Å². The molecule has 0 radical (unpaired) electrons. The Bertz CT molecular complexity index is 456. The summed E-state index contributed by atoms with van der Waals surface area (Å²) in [6.45, 7) is 0. The zero-order chi connectivity index (χ0) is 10.7. The molecule has 0 saturated heterocycles. The second-order valence-corrected chi connectivity index (χ2v) is 4.23. The average Bonchev–Trinajstić information content (AvgIpc) is 2.30. The monoisotopic (exact) mass is 311 g/mol. The molecule has 0 aliphatic carbocycles. The molecular formula is C12H10INO. The molecule has 2 aromatic rings. The van der Waals surface area contributed by atoms with Crippen molar-refractivity contribution < 1.29 is 4.74 Å². The third kappa shape index (κ3) is 2.28. The number of hydrogen-bond acceptors (Lipinski definition) is 2. The van der Waals surface area contributed by atoms with Crippen LogP contribution in [0.4, 0.5) is 0 Å². The summed E-state index contributed by atoms with van der Waals surface area (Å²) >= 11 is 2.27. The lowest BCUT2D eigenvalue weighted by molar-refractivity contribution is 0.412. The molecule has 0 bridgehead atoms. The Hall–Kier alpha value is -1.10. The molecule has 1 heterocycles. The average molecular weight is 311 g/mol. The Morgan fingerprint density at radius 1 is 1.20 bits per heavy atom. The fourth-order valence-corrected chi connectivity index (χ4v) is 2.10. The van der Waals surface area contributed by atoms with Crippen LogP contribution in [0.3, 0.4) is 0 Å². The maximum Gasteiger partial charge on any atom is 0.138 e. The van der Waals surface area contributed by atoms with E-state index in [1.54, 1.807) is 13.3 Å². The Labute approximate surface area is 102 Å². The SMILES string of the molecule is COc1cnc(-c2ccccc2)c(I)c1. The van der Waals surface area contributed by atoms with Crippen LogP contribution in [0.2, 0.25) is 0 Å². The summed E-state index contributed by atoms with van der Waals surface area (Å²) in [5.41, 5.74) is 2.13. The lowest BCUT2D eigenvalue weighted by Crippen LogP contribution is -1.90. The molecule has 0 amide bonds. The number of rotatable bonds is 2. The molecule has 0 saturated carbocycles. The predicted octanol–water partition coefficient (Wildman–Crippen LogP) is 3.36. The van der Waals surface area contributed by atoms with Gasteiger partial charge in [0.25, 0.3) is 0 Å². The number of pyridine rings is 1. The number of ether oxygens (including phenoxy) is 1. The van der Waals surface area contributed by atoms with E-state index in [1.807, 2.05) is 24.3 Å². The van der Waals surface area contributed by atoms with Gasteiger partial charge in [0.15, 0.2) is 0 Å². The van der Waals surface area contributed by atoms with E-state index in [0.717, 1.165) is 20.6 Å². The Morgan fingerprint density at radius 3 is 2.53 bits per heavy atom. The number of hydrogen-bond donors (Lipinski definition) is 0. The number of halogens is 1. The molecule has 0 aliphatic rings. The summed E-state index contributed by atoms with van der Waals surface area (Å²) < 4.78 is 6.21. The van der Waals surface area contributed by atoms with Gasteiger partial charge in [-0.1, -0.05) is 30.3 Å². The van der Waals surface area contributed by atoms with Crippen molar-refractivity contribution in [1.29, 1.82) is 0 Å². The van der Waals surface area contributed by atoms with Gasteiger partial charge in [0.05, 0.1) is 19.0 Å². The first-order chi connectivity index (χ1) is 7.31. The summed E-state index contributed by atoms with van der Waals surface area (Å²) in [5.74, 6) is 0.791. The third-order valence-corrected chi connectivity index (χ3v) is 2.92. The Kier molecular flexibility index (Phi) is 3.20. The molecule has 1 aromatic heterocycles. The zero-order valence-corrected chi connectivity index (χ0v) is 10.4. The molecule has 0 fully saturated rings. The fourth-order valence-electron chi connectivity index (χ4n) is 1.34. The third-order valence-electron chi connectivity index (χ3n) is 2.10. The minimum atomic E-state index is 0.791. The molecule has 1 aromatic carbocycles. The fraction of sp³-hybridized carbons (Fsp3) is 0.0833. The molecular weight excluding hydrogens is 301 g/mol. The summed E-state index contributed by atoms with van der Waals surface area (Å²) in [4.78, 5) is 4.39. The van der Waals surface area contributed by atoms with Crippen molar-refractivity contribution in [1.82, 2.24) is 4.98 Å². The molecule has 76 valence electrons. The first-order valence-electron chi connectivity index (χ1n) is 4.56. The van der Waals surface area contributed by atoms with E-state index >= 15 is 0 Å². The summed E-state index contributed by atoms with van der Waals surface area (Å²) in [6.07, 6.45) is 1.74. The van der Waals surface area contributed by atoms with Crippen molar-refractivity contribution >= 4 is 22.6 Å². The van der Waals surface area contributed by atoms with Crippen molar-refractivity contribution in [3.05, 3.63) is 46.2 Å². The summed E-state index contributed by atoms with van der Waals surface area (Å²) in [7, 11) is 1.65. The van der Waals surface area contributed by atoms with E-state index in [9.17, 15) is 0 Å². The van der Waals surface area contributed by atoms with Crippen LogP contribution in [0.5, 0.6) is 5.75 Å². The van der Waals surface area contributed by atoms with Gasteiger partial charge >= 0.3 is 0 Å². The van der Waals surface area contributed by atoms with Gasteiger partial charge in [-0.05, 0) is 28.7 Å². The van der Waals surface area contributed by atoms with Crippen molar-refractivity contribution in [2.75, 3.05) is 7.11 Å². The van der Waals surface area contributed by atoms with Crippen LogP contribution in [-0.4, -0.2) is 12.1 Å². The van der Waals surface area contributed by atoms with Gasteiger partial charge < -0.3 is 4.74 Å². The van der Waals surface area contributed by atoms with Gasteiger partial charge in [0, 0.05) is 9.13 Å². The number of nitrogens with zero attached hydrogens (tertiary/aromatic N) is 1. The minimum Gasteiger partial charge on any atom is -0.495 e. The lowest BCUT2D eigenvalue weighted by atomic mass is 10.1. The van der Waals surface area contributed by atoms with Crippen LogP contribution in [0, 0.1) is 3.57 Å². The molecule has 2 nitrogen and oxygen atoms in total. The maximum absolute atomic E-state index is 5.12. The molecule has 0 N–H and O–H groups in total. The maximum atomic E-state index is 5.12. The molecule has 2 rings (SSSR count). The molecule has 3 heteroatoms. The van der Waals surface area contributed by atoms with Crippen LogP contribution >= 0.6 is 22.6 Å². The normalized spacial score (nSPS) is 10.0. The molecule has 0 spiro atoms. The smallest absolute Gasteiger partial charge is 0.138 e. The van der Waals surface area contributed by atoms with Crippen LogP contribution in [0.15, 0.2) is 42.6 Å². The predicted molar refractivity (Wildman–Crippen MR) is 68.9 cm³/mol. The largest absolute Gasteiger partial charge is 0.495 e. The minimum absolute atomic E-state index is 0.791. The first kappa shape index (κ1) is 10.4. The number of aromatic nitrogens is 1. The Balaban J connectivity index is 2.46. The highest BCUT2D eigenvalue weighted by Gasteiger charge is 2.05. The summed E-state index contributed by atoms with van der Waals surface area (Å²) in [6, 6.07) is 12.1. The molecule has 0 aliphatic heterocycles. The van der Waals surface area contributed by atoms with Gasteiger partial charge in [-0.15, -0.1) is 0 Å². The second-order valence-electron chi connectivity index (χ2n) is 3.07. The van der Waals surface area contributed by atoms with Crippen LogP contribution in [0.25, 0.3) is 11.3 Å². The number of benzene rings is 1. The van der Waals surface area contributed by atoms with E-state index in [-0.39, 0.29) is 0 Å². The van der Waals surface area contributed by atoms with Crippen LogP contribution in [-0.2, 0) is 0 Å².